The standard InChI is InChI=1S/C4H8N2O3/c1-2-4(5-7)3-6(8)9/h7H,2-3H2,1H3/b5-4+. The van der Waals surface area contributed by atoms with Gasteiger partial charge < -0.3 is 5.21 Å². The molecule has 0 saturated heterocycles. The number of hydrogen-bond acceptors (Lipinski definition) is 4. The van der Waals surface area contributed by atoms with Gasteiger partial charge in [-0.05, 0) is 6.42 Å². The Morgan fingerprint density at radius 3 is 2.56 bits per heavy atom. The van der Waals surface area contributed by atoms with Gasteiger partial charge in [-0.3, -0.25) is 10.1 Å². The second kappa shape index (κ2) is 3.82. The van der Waals surface area contributed by atoms with Crippen LogP contribution in [0.5, 0.6) is 0 Å². The Labute approximate surface area is 52.1 Å². The number of nitro groups is 1. The van der Waals surface area contributed by atoms with Crippen LogP contribution in [0, 0.1) is 10.1 Å². The van der Waals surface area contributed by atoms with Crippen molar-refractivity contribution in [3.8, 4) is 0 Å². The Balaban J connectivity index is 3.71. The summed E-state index contributed by atoms with van der Waals surface area (Å²) in [5, 5.41) is 20.5. The molecule has 0 saturated carbocycles. The van der Waals surface area contributed by atoms with Gasteiger partial charge in [0.25, 0.3) is 0 Å². The van der Waals surface area contributed by atoms with E-state index < -0.39 is 4.92 Å². The molecule has 0 aromatic carbocycles. The minimum Gasteiger partial charge on any atom is -0.411 e. The van der Waals surface area contributed by atoms with Gasteiger partial charge >= 0.3 is 0 Å². The van der Waals surface area contributed by atoms with Gasteiger partial charge in [-0.2, -0.15) is 0 Å². The van der Waals surface area contributed by atoms with Crippen molar-refractivity contribution in [2.24, 2.45) is 5.16 Å². The summed E-state index contributed by atoms with van der Waals surface area (Å²) in [6.07, 6.45) is 0.414. The third kappa shape index (κ3) is 3.45. The molecule has 0 unspecified atom stereocenters. The number of rotatable bonds is 3. The fraction of sp³-hybridized carbons (Fsp3) is 0.750. The van der Waals surface area contributed by atoms with Crippen LogP contribution in [0.15, 0.2) is 5.16 Å². The first-order chi connectivity index (χ1) is 4.20. The maximum Gasteiger partial charge on any atom is 0.244 e. The summed E-state index contributed by atoms with van der Waals surface area (Å²) in [7, 11) is 0. The molecule has 0 heterocycles. The van der Waals surface area contributed by atoms with Crippen molar-refractivity contribution in [1.29, 1.82) is 0 Å². The molecule has 0 aromatic heterocycles. The number of oxime groups is 1. The zero-order valence-electron chi connectivity index (χ0n) is 5.07. The Hall–Kier alpha value is -1.13. The van der Waals surface area contributed by atoms with Gasteiger partial charge in [0.05, 0.1) is 0 Å². The monoisotopic (exact) mass is 132 g/mol. The average Bonchev–Trinajstić information content (AvgIpc) is 1.82. The van der Waals surface area contributed by atoms with Crippen molar-refractivity contribution >= 4 is 5.71 Å². The highest BCUT2D eigenvalue weighted by Crippen LogP contribution is 1.84. The van der Waals surface area contributed by atoms with E-state index in [0.717, 1.165) is 0 Å². The Bertz CT molecular complexity index is 132. The largest absolute Gasteiger partial charge is 0.411 e. The zero-order valence-corrected chi connectivity index (χ0v) is 5.07. The molecular formula is C4H8N2O3. The van der Waals surface area contributed by atoms with E-state index in [1.165, 1.54) is 0 Å². The van der Waals surface area contributed by atoms with E-state index in [-0.39, 0.29) is 12.3 Å². The van der Waals surface area contributed by atoms with E-state index in [0.29, 0.717) is 6.42 Å². The molecule has 1 N–H and O–H groups in total. The Morgan fingerprint density at radius 2 is 2.44 bits per heavy atom. The minimum atomic E-state index is -0.529. The predicted octanol–water partition coefficient (Wildman–Crippen LogP) is 0.503. The predicted molar refractivity (Wildman–Crippen MR) is 31.4 cm³/mol. The van der Waals surface area contributed by atoms with Crippen molar-refractivity contribution in [1.82, 2.24) is 0 Å². The van der Waals surface area contributed by atoms with Gasteiger partial charge in [-0.1, -0.05) is 12.1 Å². The lowest BCUT2D eigenvalue weighted by Crippen LogP contribution is -2.12. The molecule has 0 aromatic rings. The smallest absolute Gasteiger partial charge is 0.244 e. The van der Waals surface area contributed by atoms with Gasteiger partial charge in [0.1, 0.15) is 5.71 Å². The molecule has 0 aliphatic heterocycles. The fourth-order valence-corrected chi connectivity index (χ4v) is 0.363. The van der Waals surface area contributed by atoms with Gasteiger partial charge in [0.2, 0.25) is 6.54 Å². The van der Waals surface area contributed by atoms with Crippen LogP contribution >= 0.6 is 0 Å². The van der Waals surface area contributed by atoms with Crippen LogP contribution in [0.4, 0.5) is 0 Å². The quantitative estimate of drug-likeness (QED) is 0.263. The summed E-state index contributed by atoms with van der Waals surface area (Å²) in [6.45, 7) is 1.32. The van der Waals surface area contributed by atoms with Crippen LogP contribution in [0.3, 0.4) is 0 Å². The summed E-state index contributed by atoms with van der Waals surface area (Å²) in [5.41, 5.74) is 0.194. The molecule has 0 fully saturated rings. The molecule has 0 atom stereocenters. The molecule has 0 bridgehead atoms. The first-order valence-electron chi connectivity index (χ1n) is 2.52. The van der Waals surface area contributed by atoms with Crippen molar-refractivity contribution in [3.05, 3.63) is 10.1 Å². The van der Waals surface area contributed by atoms with Gasteiger partial charge in [0, 0.05) is 4.92 Å². The number of hydrogen-bond donors (Lipinski definition) is 1. The first kappa shape index (κ1) is 7.87. The molecule has 5 nitrogen and oxygen atoms in total. The molecule has 9 heavy (non-hydrogen) atoms. The molecule has 0 aliphatic carbocycles. The lowest BCUT2D eigenvalue weighted by atomic mass is 10.3. The maximum atomic E-state index is 9.74. The van der Waals surface area contributed by atoms with Gasteiger partial charge in [-0.25, -0.2) is 0 Å². The SMILES string of the molecule is CC/C(C[N+](=O)[O-])=N\O. The van der Waals surface area contributed by atoms with Crippen LogP contribution in [-0.4, -0.2) is 22.4 Å². The fourth-order valence-electron chi connectivity index (χ4n) is 0.363. The molecule has 52 valence electrons. The van der Waals surface area contributed by atoms with Crippen LogP contribution in [-0.2, 0) is 0 Å². The lowest BCUT2D eigenvalue weighted by molar-refractivity contribution is -0.463. The summed E-state index contributed by atoms with van der Waals surface area (Å²) in [4.78, 5) is 9.21. The molecule has 5 heteroatoms. The topological polar surface area (TPSA) is 75.7 Å². The highest BCUT2D eigenvalue weighted by Gasteiger charge is 2.03. The second-order valence-electron chi connectivity index (χ2n) is 1.51. The maximum absolute atomic E-state index is 9.74. The average molecular weight is 132 g/mol. The Kier molecular flexibility index (Phi) is 3.34. The normalized spacial score (nSPS) is 11.4. The summed E-state index contributed by atoms with van der Waals surface area (Å²) >= 11 is 0. The van der Waals surface area contributed by atoms with E-state index in [9.17, 15) is 10.1 Å². The molecule has 0 rings (SSSR count). The molecule has 0 aliphatic rings. The summed E-state index contributed by atoms with van der Waals surface area (Å²) in [5.74, 6) is 0. The highest BCUT2D eigenvalue weighted by atomic mass is 16.6. The molecule has 0 spiro atoms. The third-order valence-corrected chi connectivity index (χ3v) is 0.861. The minimum absolute atomic E-state index is 0.194. The lowest BCUT2D eigenvalue weighted by Gasteiger charge is -1.90. The van der Waals surface area contributed by atoms with Crippen molar-refractivity contribution < 1.29 is 10.1 Å². The third-order valence-electron chi connectivity index (χ3n) is 0.861. The van der Waals surface area contributed by atoms with Gasteiger partial charge in [-0.15, -0.1) is 0 Å². The van der Waals surface area contributed by atoms with E-state index in [1.54, 1.807) is 6.92 Å². The van der Waals surface area contributed by atoms with E-state index in [4.69, 9.17) is 5.21 Å². The van der Waals surface area contributed by atoms with Crippen LogP contribution in [0.2, 0.25) is 0 Å². The van der Waals surface area contributed by atoms with E-state index in [2.05, 4.69) is 5.16 Å². The highest BCUT2D eigenvalue weighted by molar-refractivity contribution is 5.84. The summed E-state index contributed by atoms with van der Waals surface area (Å²) < 4.78 is 0. The van der Waals surface area contributed by atoms with Crippen LogP contribution < -0.4 is 0 Å². The molecular weight excluding hydrogens is 124 g/mol. The Morgan fingerprint density at radius 1 is 1.89 bits per heavy atom. The number of nitrogens with zero attached hydrogens (tertiary/aromatic N) is 2. The first-order valence-corrected chi connectivity index (χ1v) is 2.52. The van der Waals surface area contributed by atoms with Crippen molar-refractivity contribution in [2.45, 2.75) is 13.3 Å². The van der Waals surface area contributed by atoms with Crippen LogP contribution in [0.1, 0.15) is 13.3 Å². The van der Waals surface area contributed by atoms with Gasteiger partial charge in [0.15, 0.2) is 0 Å². The van der Waals surface area contributed by atoms with E-state index >= 15 is 0 Å². The molecule has 0 amide bonds. The van der Waals surface area contributed by atoms with E-state index in [1.807, 2.05) is 0 Å². The molecule has 0 radical (unpaired) electrons. The summed E-state index contributed by atoms with van der Waals surface area (Å²) in [6, 6.07) is 0. The second-order valence-corrected chi connectivity index (χ2v) is 1.51. The van der Waals surface area contributed by atoms with Crippen molar-refractivity contribution in [3.63, 3.8) is 0 Å². The van der Waals surface area contributed by atoms with Crippen molar-refractivity contribution in [2.75, 3.05) is 6.54 Å². The van der Waals surface area contributed by atoms with Crippen LogP contribution in [0.25, 0.3) is 0 Å². The zero-order chi connectivity index (χ0) is 7.28.